The Morgan fingerprint density at radius 2 is 2.04 bits per heavy atom. The lowest BCUT2D eigenvalue weighted by molar-refractivity contribution is -0.140. The molecule has 1 aliphatic rings. The second kappa shape index (κ2) is 6.93. The van der Waals surface area contributed by atoms with Crippen LogP contribution in [0.25, 0.3) is 0 Å². The van der Waals surface area contributed by atoms with Gasteiger partial charge in [0.15, 0.2) is 0 Å². The fraction of sp³-hybridized carbons (Fsp3) is 0.316. The van der Waals surface area contributed by atoms with Gasteiger partial charge in [0.1, 0.15) is 5.82 Å². The minimum absolute atomic E-state index is 0.108. The first-order valence-electron chi connectivity index (χ1n) is 8.27. The highest BCUT2D eigenvalue weighted by atomic mass is 16.4. The number of carboxylic acid groups (broad SMARTS) is 1. The molecule has 3 rings (SSSR count). The van der Waals surface area contributed by atoms with E-state index in [0.29, 0.717) is 17.9 Å². The topological polar surface area (TPSA) is 73.7 Å². The standard InChI is InChI=1S/C19H21N3O3/c1-13(19(24)25)12-21(2)17-15(7-5-10-20-17)18(23)22-11-9-14-6-3-4-8-16(14)22/h3-8,10,13H,9,11-12H2,1-2H3,(H,24,25). The third kappa shape index (κ3) is 3.33. The molecule has 2 aromatic rings. The molecular weight excluding hydrogens is 318 g/mol. The van der Waals surface area contributed by atoms with Crippen molar-refractivity contribution in [3.8, 4) is 0 Å². The minimum atomic E-state index is -0.871. The van der Waals surface area contributed by atoms with Crippen LogP contribution >= 0.6 is 0 Å². The number of aliphatic carboxylic acids is 1. The number of pyridine rings is 1. The molecule has 2 heterocycles. The average molecular weight is 339 g/mol. The summed E-state index contributed by atoms with van der Waals surface area (Å²) in [5.74, 6) is -1.03. The zero-order valence-corrected chi connectivity index (χ0v) is 14.3. The number of carboxylic acids is 1. The Kier molecular flexibility index (Phi) is 4.70. The van der Waals surface area contributed by atoms with Crippen LogP contribution in [0.1, 0.15) is 22.8 Å². The van der Waals surface area contributed by atoms with E-state index in [1.54, 1.807) is 42.1 Å². The summed E-state index contributed by atoms with van der Waals surface area (Å²) in [5, 5.41) is 9.12. The summed E-state index contributed by atoms with van der Waals surface area (Å²) in [7, 11) is 1.76. The molecule has 1 aromatic heterocycles. The summed E-state index contributed by atoms with van der Waals surface area (Å²) in [6.45, 7) is 2.56. The number of carbonyl (C=O) groups excluding carboxylic acids is 1. The molecule has 1 aromatic carbocycles. The van der Waals surface area contributed by atoms with Gasteiger partial charge in [-0.2, -0.15) is 0 Å². The summed E-state index contributed by atoms with van der Waals surface area (Å²) in [6.07, 6.45) is 2.45. The van der Waals surface area contributed by atoms with Gasteiger partial charge >= 0.3 is 5.97 Å². The Morgan fingerprint density at radius 1 is 1.28 bits per heavy atom. The zero-order chi connectivity index (χ0) is 18.0. The number of aromatic nitrogens is 1. The van der Waals surface area contributed by atoms with Crippen LogP contribution in [-0.4, -0.2) is 42.1 Å². The molecule has 0 saturated heterocycles. The van der Waals surface area contributed by atoms with Gasteiger partial charge in [0.25, 0.3) is 5.91 Å². The van der Waals surface area contributed by atoms with Crippen molar-refractivity contribution in [2.75, 3.05) is 29.9 Å². The van der Waals surface area contributed by atoms with Crippen LogP contribution in [0.15, 0.2) is 42.6 Å². The third-order valence-corrected chi connectivity index (χ3v) is 4.48. The normalized spacial score (nSPS) is 14.1. The molecule has 1 atom stereocenters. The molecule has 25 heavy (non-hydrogen) atoms. The molecule has 0 radical (unpaired) electrons. The first kappa shape index (κ1) is 17.0. The van der Waals surface area contributed by atoms with Crippen LogP contribution in [-0.2, 0) is 11.2 Å². The highest BCUT2D eigenvalue weighted by Crippen LogP contribution is 2.30. The van der Waals surface area contributed by atoms with Crippen molar-refractivity contribution in [3.05, 3.63) is 53.7 Å². The van der Waals surface area contributed by atoms with Gasteiger partial charge in [0, 0.05) is 32.0 Å². The fourth-order valence-corrected chi connectivity index (χ4v) is 3.14. The lowest BCUT2D eigenvalue weighted by Gasteiger charge is -2.24. The predicted octanol–water partition coefficient (Wildman–Crippen LogP) is 2.44. The number of hydrogen-bond acceptors (Lipinski definition) is 4. The first-order chi connectivity index (χ1) is 12.0. The van der Waals surface area contributed by atoms with Crippen molar-refractivity contribution in [2.24, 2.45) is 5.92 Å². The average Bonchev–Trinajstić information content (AvgIpc) is 3.05. The van der Waals surface area contributed by atoms with Gasteiger partial charge in [-0.3, -0.25) is 9.59 Å². The molecule has 6 nitrogen and oxygen atoms in total. The molecular formula is C19H21N3O3. The van der Waals surface area contributed by atoms with Gasteiger partial charge < -0.3 is 14.9 Å². The van der Waals surface area contributed by atoms with Crippen LogP contribution in [0.5, 0.6) is 0 Å². The van der Waals surface area contributed by atoms with Gasteiger partial charge in [-0.25, -0.2) is 4.98 Å². The number of anilines is 2. The van der Waals surface area contributed by atoms with E-state index in [9.17, 15) is 9.59 Å². The molecule has 1 amide bonds. The lowest BCUT2D eigenvalue weighted by Crippen LogP contribution is -2.33. The molecule has 1 unspecified atom stereocenters. The van der Waals surface area contributed by atoms with Crippen molar-refractivity contribution in [3.63, 3.8) is 0 Å². The second-order valence-corrected chi connectivity index (χ2v) is 6.33. The summed E-state index contributed by atoms with van der Waals surface area (Å²) in [5.41, 5.74) is 2.58. The number of fused-ring (bicyclic) bond motifs is 1. The zero-order valence-electron chi connectivity index (χ0n) is 14.3. The fourth-order valence-electron chi connectivity index (χ4n) is 3.14. The van der Waals surface area contributed by atoms with Crippen LogP contribution < -0.4 is 9.80 Å². The van der Waals surface area contributed by atoms with Crippen molar-refractivity contribution in [1.29, 1.82) is 0 Å². The first-order valence-corrected chi connectivity index (χ1v) is 8.27. The van der Waals surface area contributed by atoms with Gasteiger partial charge in [0.2, 0.25) is 0 Å². The Labute approximate surface area is 146 Å². The van der Waals surface area contributed by atoms with E-state index in [-0.39, 0.29) is 12.5 Å². The number of nitrogens with zero attached hydrogens (tertiary/aromatic N) is 3. The van der Waals surface area contributed by atoms with Crippen LogP contribution in [0, 0.1) is 5.92 Å². The Hall–Kier alpha value is -2.89. The van der Waals surface area contributed by atoms with Gasteiger partial charge in [-0.15, -0.1) is 0 Å². The van der Waals surface area contributed by atoms with Gasteiger partial charge in [-0.1, -0.05) is 25.1 Å². The van der Waals surface area contributed by atoms with Crippen LogP contribution in [0.2, 0.25) is 0 Å². The highest BCUT2D eigenvalue weighted by molar-refractivity contribution is 6.10. The van der Waals surface area contributed by atoms with E-state index in [1.807, 2.05) is 24.3 Å². The van der Waals surface area contributed by atoms with Crippen molar-refractivity contribution >= 4 is 23.4 Å². The van der Waals surface area contributed by atoms with Crippen LogP contribution in [0.4, 0.5) is 11.5 Å². The van der Waals surface area contributed by atoms with E-state index in [0.717, 1.165) is 17.7 Å². The van der Waals surface area contributed by atoms with Crippen molar-refractivity contribution in [1.82, 2.24) is 4.98 Å². The monoisotopic (exact) mass is 339 g/mol. The third-order valence-electron chi connectivity index (χ3n) is 4.48. The minimum Gasteiger partial charge on any atom is -0.481 e. The maximum atomic E-state index is 13.1. The Morgan fingerprint density at radius 3 is 2.80 bits per heavy atom. The van der Waals surface area contributed by atoms with E-state index in [1.165, 1.54) is 0 Å². The van der Waals surface area contributed by atoms with Gasteiger partial charge in [-0.05, 0) is 30.2 Å². The molecule has 0 fully saturated rings. The van der Waals surface area contributed by atoms with Crippen molar-refractivity contribution < 1.29 is 14.7 Å². The Balaban J connectivity index is 1.88. The summed E-state index contributed by atoms with van der Waals surface area (Å²) < 4.78 is 0. The summed E-state index contributed by atoms with van der Waals surface area (Å²) in [4.78, 5) is 32.0. The molecule has 130 valence electrons. The molecule has 0 saturated carbocycles. The summed E-state index contributed by atoms with van der Waals surface area (Å²) >= 11 is 0. The number of rotatable bonds is 5. The molecule has 1 N–H and O–H groups in total. The van der Waals surface area contributed by atoms with E-state index >= 15 is 0 Å². The van der Waals surface area contributed by atoms with E-state index in [2.05, 4.69) is 4.98 Å². The summed E-state index contributed by atoms with van der Waals surface area (Å²) in [6, 6.07) is 11.4. The molecule has 1 aliphatic heterocycles. The largest absolute Gasteiger partial charge is 0.481 e. The number of para-hydroxylation sites is 1. The van der Waals surface area contributed by atoms with E-state index < -0.39 is 11.9 Å². The molecule has 0 spiro atoms. The Bertz CT molecular complexity index is 806. The lowest BCUT2D eigenvalue weighted by atomic mass is 10.1. The number of hydrogen-bond donors (Lipinski definition) is 1. The SMILES string of the molecule is CC(CN(C)c1ncccc1C(=O)N1CCc2ccccc21)C(=O)O. The predicted molar refractivity (Wildman–Crippen MR) is 96.1 cm³/mol. The van der Waals surface area contributed by atoms with Crippen LogP contribution in [0.3, 0.4) is 0 Å². The quantitative estimate of drug-likeness (QED) is 0.906. The van der Waals surface area contributed by atoms with E-state index in [4.69, 9.17) is 5.11 Å². The molecule has 0 aliphatic carbocycles. The number of benzene rings is 1. The molecule has 0 bridgehead atoms. The maximum Gasteiger partial charge on any atom is 0.308 e. The molecule has 6 heteroatoms. The number of amides is 1. The maximum absolute atomic E-state index is 13.1. The number of carbonyl (C=O) groups is 2. The smallest absolute Gasteiger partial charge is 0.308 e. The van der Waals surface area contributed by atoms with Crippen molar-refractivity contribution in [2.45, 2.75) is 13.3 Å². The highest BCUT2D eigenvalue weighted by Gasteiger charge is 2.28. The van der Waals surface area contributed by atoms with Gasteiger partial charge in [0.05, 0.1) is 11.5 Å². The second-order valence-electron chi connectivity index (χ2n) is 6.33.